The van der Waals surface area contributed by atoms with Gasteiger partial charge in [-0.15, -0.1) is 0 Å². The number of hydrogen-bond donors (Lipinski definition) is 1. The van der Waals surface area contributed by atoms with Gasteiger partial charge in [-0.25, -0.2) is 8.42 Å². The Kier molecular flexibility index (Phi) is 5.01. The van der Waals surface area contributed by atoms with Crippen molar-refractivity contribution in [3.63, 3.8) is 0 Å². The van der Waals surface area contributed by atoms with Crippen LogP contribution in [0, 0.1) is 0 Å². The van der Waals surface area contributed by atoms with Gasteiger partial charge in [0.05, 0.1) is 18.1 Å². The number of carbonyl (C=O) groups excluding carboxylic acids is 1. The van der Waals surface area contributed by atoms with Crippen molar-refractivity contribution < 1.29 is 13.2 Å². The third-order valence-electron chi connectivity index (χ3n) is 3.46. The van der Waals surface area contributed by atoms with Crippen molar-refractivity contribution >= 4 is 44.6 Å². The number of nitrogens with zero attached hydrogens (tertiary/aromatic N) is 1. The molecule has 0 spiro atoms. The van der Waals surface area contributed by atoms with E-state index in [2.05, 4.69) is 5.32 Å². The average molecular weight is 351 g/mol. The van der Waals surface area contributed by atoms with Gasteiger partial charge in [-0.3, -0.25) is 4.79 Å². The molecular weight excluding hydrogens is 335 g/mol. The van der Waals surface area contributed by atoms with E-state index in [1.54, 1.807) is 25.2 Å². The third kappa shape index (κ3) is 4.49. The van der Waals surface area contributed by atoms with Gasteiger partial charge in [0, 0.05) is 28.8 Å². The summed E-state index contributed by atoms with van der Waals surface area (Å²) in [5.74, 6) is 0.0124. The largest absolute Gasteiger partial charge is 0.376 e. The first-order chi connectivity index (χ1) is 9.77. The Morgan fingerprint density at radius 3 is 2.48 bits per heavy atom. The highest BCUT2D eigenvalue weighted by atomic mass is 35.5. The molecule has 1 amide bonds. The Labute approximate surface area is 134 Å². The van der Waals surface area contributed by atoms with Crippen LogP contribution in [0.3, 0.4) is 0 Å². The topological polar surface area (TPSA) is 66.5 Å². The summed E-state index contributed by atoms with van der Waals surface area (Å²) in [6.45, 7) is 0.0592. The van der Waals surface area contributed by atoms with Crippen LogP contribution < -0.4 is 5.32 Å². The number of carbonyl (C=O) groups is 1. The van der Waals surface area contributed by atoms with Gasteiger partial charge in [-0.2, -0.15) is 0 Å². The summed E-state index contributed by atoms with van der Waals surface area (Å²) in [4.78, 5) is 13.6. The molecule has 0 aromatic heterocycles. The molecule has 116 valence electrons. The number of likely N-dealkylation sites (N-methyl/N-ethyl adjacent to an activating group) is 1. The first-order valence-corrected chi connectivity index (χ1v) is 9.00. The number of hydrogen-bond acceptors (Lipinski definition) is 4. The van der Waals surface area contributed by atoms with E-state index >= 15 is 0 Å². The molecule has 1 N–H and O–H groups in total. The van der Waals surface area contributed by atoms with Crippen molar-refractivity contribution in [1.29, 1.82) is 0 Å². The van der Waals surface area contributed by atoms with Crippen molar-refractivity contribution in [2.75, 3.05) is 30.4 Å². The molecule has 1 heterocycles. The standard InChI is InChI=1S/C13H16Cl2N2O3S/c1-17(12-2-3-21(19,20)8-12)13(18)7-16-11-5-9(14)4-10(15)6-11/h4-6,12,16H,2-3,7-8H2,1H3. The molecule has 1 aliphatic heterocycles. The molecule has 2 rings (SSSR count). The van der Waals surface area contributed by atoms with Gasteiger partial charge in [-0.1, -0.05) is 23.2 Å². The summed E-state index contributed by atoms with van der Waals surface area (Å²) >= 11 is 11.8. The summed E-state index contributed by atoms with van der Waals surface area (Å²) < 4.78 is 22.9. The fourth-order valence-electron chi connectivity index (χ4n) is 2.24. The van der Waals surface area contributed by atoms with Gasteiger partial charge in [0.15, 0.2) is 9.84 Å². The summed E-state index contributed by atoms with van der Waals surface area (Å²) in [7, 11) is -1.38. The first-order valence-electron chi connectivity index (χ1n) is 6.43. The minimum Gasteiger partial charge on any atom is -0.376 e. The van der Waals surface area contributed by atoms with Gasteiger partial charge in [0.2, 0.25) is 5.91 Å². The van der Waals surface area contributed by atoms with E-state index in [0.29, 0.717) is 22.2 Å². The average Bonchev–Trinajstić information content (AvgIpc) is 2.74. The van der Waals surface area contributed by atoms with E-state index in [9.17, 15) is 13.2 Å². The van der Waals surface area contributed by atoms with Crippen molar-refractivity contribution in [3.8, 4) is 0 Å². The number of rotatable bonds is 4. The van der Waals surface area contributed by atoms with Crippen LogP contribution in [0.25, 0.3) is 0 Å². The van der Waals surface area contributed by atoms with E-state index < -0.39 is 9.84 Å². The molecule has 1 saturated heterocycles. The molecule has 1 fully saturated rings. The number of sulfone groups is 1. The molecule has 1 atom stereocenters. The molecule has 1 unspecified atom stereocenters. The van der Waals surface area contributed by atoms with Gasteiger partial charge in [0.25, 0.3) is 0 Å². The Bertz CT molecular complexity index is 629. The van der Waals surface area contributed by atoms with Crippen molar-refractivity contribution in [1.82, 2.24) is 4.90 Å². The Morgan fingerprint density at radius 1 is 1.33 bits per heavy atom. The predicted octanol–water partition coefficient (Wildman–Crippen LogP) is 2.05. The first kappa shape index (κ1) is 16.4. The third-order valence-corrected chi connectivity index (χ3v) is 5.64. The van der Waals surface area contributed by atoms with Gasteiger partial charge in [-0.05, 0) is 24.6 Å². The van der Waals surface area contributed by atoms with E-state index in [4.69, 9.17) is 23.2 Å². The molecule has 0 aliphatic carbocycles. The lowest BCUT2D eigenvalue weighted by Crippen LogP contribution is -2.40. The Morgan fingerprint density at radius 2 is 1.95 bits per heavy atom. The van der Waals surface area contributed by atoms with Gasteiger partial charge < -0.3 is 10.2 Å². The minimum absolute atomic E-state index is 0.0399. The van der Waals surface area contributed by atoms with Crippen LogP contribution in [0.2, 0.25) is 10.0 Å². The zero-order chi connectivity index (χ0) is 15.6. The Hall–Kier alpha value is -0.980. The number of nitrogens with one attached hydrogen (secondary N) is 1. The molecule has 1 aromatic carbocycles. The molecule has 0 radical (unpaired) electrons. The highest BCUT2D eigenvalue weighted by molar-refractivity contribution is 7.91. The lowest BCUT2D eigenvalue weighted by atomic mass is 10.2. The Balaban J connectivity index is 1.92. The van der Waals surface area contributed by atoms with Crippen LogP contribution in [-0.4, -0.2) is 50.4 Å². The molecule has 8 heteroatoms. The quantitative estimate of drug-likeness (QED) is 0.902. The smallest absolute Gasteiger partial charge is 0.241 e. The van der Waals surface area contributed by atoms with Crippen molar-refractivity contribution in [2.45, 2.75) is 12.5 Å². The molecule has 21 heavy (non-hydrogen) atoms. The number of benzene rings is 1. The zero-order valence-corrected chi connectivity index (χ0v) is 13.8. The lowest BCUT2D eigenvalue weighted by molar-refractivity contribution is -0.129. The number of anilines is 1. The van der Waals surface area contributed by atoms with Crippen molar-refractivity contribution in [3.05, 3.63) is 28.2 Å². The van der Waals surface area contributed by atoms with Crippen LogP contribution in [0.5, 0.6) is 0 Å². The van der Waals surface area contributed by atoms with E-state index in [1.807, 2.05) is 0 Å². The highest BCUT2D eigenvalue weighted by Gasteiger charge is 2.32. The second kappa shape index (κ2) is 6.42. The molecule has 1 aliphatic rings. The van der Waals surface area contributed by atoms with E-state index in [1.165, 1.54) is 4.90 Å². The second-order valence-electron chi connectivity index (χ2n) is 5.07. The summed E-state index contributed by atoms with van der Waals surface area (Å²) in [5.41, 5.74) is 0.647. The number of amides is 1. The SMILES string of the molecule is CN(C(=O)CNc1cc(Cl)cc(Cl)c1)C1CCS(=O)(=O)C1. The normalized spacial score (nSPS) is 20.2. The van der Waals surface area contributed by atoms with Crippen LogP contribution in [0.15, 0.2) is 18.2 Å². The van der Waals surface area contributed by atoms with Gasteiger partial charge >= 0.3 is 0 Å². The number of halogens is 2. The summed E-state index contributed by atoms with van der Waals surface area (Å²) in [6, 6.07) is 4.69. The zero-order valence-electron chi connectivity index (χ0n) is 11.5. The minimum atomic E-state index is -3.00. The maximum absolute atomic E-state index is 12.1. The second-order valence-corrected chi connectivity index (χ2v) is 8.17. The maximum Gasteiger partial charge on any atom is 0.241 e. The van der Waals surface area contributed by atoms with Crippen LogP contribution in [-0.2, 0) is 14.6 Å². The summed E-state index contributed by atoms with van der Waals surface area (Å²) in [6.07, 6.45) is 0.494. The highest BCUT2D eigenvalue weighted by Crippen LogP contribution is 2.22. The predicted molar refractivity (Wildman–Crippen MR) is 84.8 cm³/mol. The van der Waals surface area contributed by atoms with Gasteiger partial charge in [0.1, 0.15) is 0 Å². The fourth-order valence-corrected chi connectivity index (χ4v) is 4.54. The van der Waals surface area contributed by atoms with Crippen LogP contribution in [0.4, 0.5) is 5.69 Å². The lowest BCUT2D eigenvalue weighted by Gasteiger charge is -2.23. The van der Waals surface area contributed by atoms with Crippen molar-refractivity contribution in [2.24, 2.45) is 0 Å². The van der Waals surface area contributed by atoms with E-state index in [0.717, 1.165) is 0 Å². The molecule has 5 nitrogen and oxygen atoms in total. The monoisotopic (exact) mass is 350 g/mol. The van der Waals surface area contributed by atoms with Crippen LogP contribution in [0.1, 0.15) is 6.42 Å². The molecule has 0 bridgehead atoms. The fraction of sp³-hybridized carbons (Fsp3) is 0.462. The maximum atomic E-state index is 12.1. The molecule has 1 aromatic rings. The summed E-state index contributed by atoms with van der Waals surface area (Å²) in [5, 5.41) is 3.90. The van der Waals surface area contributed by atoms with Crippen LogP contribution >= 0.6 is 23.2 Å². The van der Waals surface area contributed by atoms with E-state index in [-0.39, 0.29) is 30.0 Å². The molecular formula is C13H16Cl2N2O3S. The molecule has 0 saturated carbocycles.